The zero-order valence-electron chi connectivity index (χ0n) is 29.2. The minimum absolute atomic E-state index is 0.124. The summed E-state index contributed by atoms with van der Waals surface area (Å²) in [7, 11) is 0.229. The molecule has 4 rings (SSSR count). The molecule has 2 aromatic carbocycles. The van der Waals surface area contributed by atoms with Crippen LogP contribution in [0.4, 0.5) is 19.3 Å². The Morgan fingerprint density at radius 1 is 1.10 bits per heavy atom. The summed E-state index contributed by atoms with van der Waals surface area (Å²) in [5, 5.41) is 17.3. The number of fused-ring (bicyclic) bond motifs is 1. The van der Waals surface area contributed by atoms with Gasteiger partial charge in [0.15, 0.2) is 5.75 Å². The second-order valence-corrected chi connectivity index (χ2v) is 20.0. The molecule has 1 aliphatic heterocycles. The van der Waals surface area contributed by atoms with Gasteiger partial charge < -0.3 is 34.4 Å². The second kappa shape index (κ2) is 14.8. The first kappa shape index (κ1) is 37.1. The molecule has 0 bridgehead atoms. The molecule has 2 N–H and O–H groups in total. The number of methoxy groups -OCH3 is 1. The molecule has 1 saturated heterocycles. The summed E-state index contributed by atoms with van der Waals surface area (Å²) < 4.78 is 47.6. The zero-order chi connectivity index (χ0) is 35.4. The number of nitrogens with one attached hydrogen (secondary N) is 1. The third kappa shape index (κ3) is 9.02. The number of nitrogens with zero attached hydrogens (tertiary/aromatic N) is 4. The number of ether oxygens (including phenoxy) is 3. The van der Waals surface area contributed by atoms with Gasteiger partial charge in [0.25, 0.3) is 11.8 Å². The third-order valence-corrected chi connectivity index (χ3v) is 9.84. The van der Waals surface area contributed by atoms with Gasteiger partial charge in [0.1, 0.15) is 18.9 Å². The van der Waals surface area contributed by atoms with Crippen molar-refractivity contribution in [3.63, 3.8) is 0 Å². The lowest BCUT2D eigenvalue weighted by atomic mass is 10.0. The fourth-order valence-electron chi connectivity index (χ4n) is 5.43. The van der Waals surface area contributed by atoms with Crippen molar-refractivity contribution < 1.29 is 37.7 Å². The van der Waals surface area contributed by atoms with Crippen LogP contribution in [0.2, 0.25) is 25.7 Å². The lowest BCUT2D eigenvalue weighted by Gasteiger charge is -2.37. The molecule has 11 nitrogen and oxygen atoms in total. The average Bonchev–Trinajstić information content (AvgIpc) is 3.45. The second-order valence-electron chi connectivity index (χ2n) is 14.4. The van der Waals surface area contributed by atoms with Crippen LogP contribution in [0.5, 0.6) is 5.75 Å². The van der Waals surface area contributed by atoms with Gasteiger partial charge in [-0.3, -0.25) is 4.79 Å². The normalized spacial score (nSPS) is 15.1. The molecule has 48 heavy (non-hydrogen) atoms. The maximum atomic E-state index is 14.3. The third-order valence-electron chi connectivity index (χ3n) is 8.14. The molecule has 2 amide bonds. The van der Waals surface area contributed by atoms with E-state index in [9.17, 15) is 23.5 Å². The van der Waals surface area contributed by atoms with Crippen molar-refractivity contribution in [3.05, 3.63) is 53.2 Å². The van der Waals surface area contributed by atoms with Crippen LogP contribution in [-0.4, -0.2) is 92.0 Å². The van der Waals surface area contributed by atoms with E-state index in [0.29, 0.717) is 66.3 Å². The van der Waals surface area contributed by atoms with Crippen LogP contribution in [0.1, 0.15) is 55.2 Å². The molecule has 2 heterocycles. The van der Waals surface area contributed by atoms with Gasteiger partial charge in [0.2, 0.25) is 0 Å². The van der Waals surface area contributed by atoms with E-state index >= 15 is 0 Å². The standard InChI is InChI=1S/C34H49F2N5O6Si/c1-23(24-10-9-11-25(18-24)34(35,36)21-42)38-31(43)26-19-28(39-12-14-40(15-13-39)32(44)47-33(2,3)4)30(45-5)27-20-37-41(29(26)27)22-46-16-17-48(6,7)8/h9-11,18-20,23,42H,12-17,21-22H2,1-8H3,(H,38,43)/t23-/m0/s1. The van der Waals surface area contributed by atoms with Gasteiger partial charge in [-0.2, -0.15) is 13.9 Å². The Kier molecular flexibility index (Phi) is 11.4. The summed E-state index contributed by atoms with van der Waals surface area (Å²) in [6, 6.07) is 7.74. The molecule has 1 aromatic heterocycles. The smallest absolute Gasteiger partial charge is 0.410 e. The first-order chi connectivity index (χ1) is 22.4. The Hall–Kier alpha value is -3.75. The first-order valence-electron chi connectivity index (χ1n) is 16.2. The number of carbonyl (C=O) groups is 2. The highest BCUT2D eigenvalue weighted by molar-refractivity contribution is 6.76. The van der Waals surface area contributed by atoms with E-state index in [4.69, 9.17) is 14.2 Å². The number of piperazine rings is 1. The van der Waals surface area contributed by atoms with E-state index in [2.05, 4.69) is 35.0 Å². The quantitative estimate of drug-likeness (QED) is 0.176. The molecule has 0 unspecified atom stereocenters. The molecule has 14 heteroatoms. The minimum atomic E-state index is -3.41. The Morgan fingerprint density at radius 2 is 1.79 bits per heavy atom. The molecule has 264 valence electrons. The number of rotatable bonds is 12. The fraction of sp³-hybridized carbons (Fsp3) is 0.559. The summed E-state index contributed by atoms with van der Waals surface area (Å²) in [5.41, 5.74) is 1.00. The fourth-order valence-corrected chi connectivity index (χ4v) is 6.19. The largest absolute Gasteiger partial charge is 0.494 e. The van der Waals surface area contributed by atoms with Crippen LogP contribution in [0, 0.1) is 0 Å². The van der Waals surface area contributed by atoms with Crippen LogP contribution in [0.15, 0.2) is 36.5 Å². The molecule has 3 aromatic rings. The summed E-state index contributed by atoms with van der Waals surface area (Å²) in [5.74, 6) is -3.31. The van der Waals surface area contributed by atoms with Crippen molar-refractivity contribution in [2.75, 3.05) is 51.4 Å². The predicted octanol–water partition coefficient (Wildman–Crippen LogP) is 5.99. The van der Waals surface area contributed by atoms with Gasteiger partial charge >= 0.3 is 6.09 Å². The van der Waals surface area contributed by atoms with E-state index in [1.807, 2.05) is 20.8 Å². The molecule has 0 radical (unpaired) electrons. The number of alkyl halides is 2. The molecule has 0 saturated carbocycles. The number of anilines is 1. The number of aliphatic hydroxyl groups is 1. The highest BCUT2D eigenvalue weighted by Gasteiger charge is 2.32. The number of hydrogen-bond donors (Lipinski definition) is 2. The molecule has 0 aliphatic carbocycles. The van der Waals surface area contributed by atoms with E-state index < -0.39 is 38.2 Å². The topological polar surface area (TPSA) is 118 Å². The van der Waals surface area contributed by atoms with Gasteiger partial charge in [-0.15, -0.1) is 0 Å². The molecule has 1 atom stereocenters. The van der Waals surface area contributed by atoms with Crippen molar-refractivity contribution in [2.45, 2.75) is 77.7 Å². The molecule has 0 spiro atoms. The highest BCUT2D eigenvalue weighted by Crippen LogP contribution is 2.39. The number of amides is 2. The summed E-state index contributed by atoms with van der Waals surface area (Å²) in [6.45, 7) is 15.1. The summed E-state index contributed by atoms with van der Waals surface area (Å²) in [6.07, 6.45) is 1.27. The summed E-state index contributed by atoms with van der Waals surface area (Å²) >= 11 is 0. The maximum absolute atomic E-state index is 14.3. The number of benzene rings is 2. The molecule has 1 aliphatic rings. The van der Waals surface area contributed by atoms with Crippen molar-refractivity contribution in [2.24, 2.45) is 0 Å². The monoisotopic (exact) mass is 689 g/mol. The SMILES string of the molecule is COc1c(N2CCN(C(=O)OC(C)(C)C)CC2)cc(C(=O)N[C@@H](C)c2cccc(C(F)(F)CO)c2)c2c1cnn2COCC[Si](C)(C)C. The predicted molar refractivity (Wildman–Crippen MR) is 184 cm³/mol. The van der Waals surface area contributed by atoms with Crippen LogP contribution >= 0.6 is 0 Å². The molecule has 1 fully saturated rings. The molecular weight excluding hydrogens is 640 g/mol. The van der Waals surface area contributed by atoms with Crippen LogP contribution < -0.4 is 15.0 Å². The zero-order valence-corrected chi connectivity index (χ0v) is 30.2. The lowest BCUT2D eigenvalue weighted by Crippen LogP contribution is -2.50. The molecular formula is C34H49F2N5O6Si. The highest BCUT2D eigenvalue weighted by atomic mass is 28.3. The van der Waals surface area contributed by atoms with E-state index in [-0.39, 0.29) is 18.4 Å². The van der Waals surface area contributed by atoms with Crippen LogP contribution in [0.25, 0.3) is 10.9 Å². The van der Waals surface area contributed by atoms with E-state index in [1.54, 1.807) is 41.9 Å². The maximum Gasteiger partial charge on any atom is 0.410 e. The Labute approximate surface area is 282 Å². The van der Waals surface area contributed by atoms with Crippen molar-refractivity contribution in [1.82, 2.24) is 20.0 Å². The number of halogens is 2. The van der Waals surface area contributed by atoms with Gasteiger partial charge in [-0.1, -0.05) is 37.8 Å². The van der Waals surface area contributed by atoms with Crippen LogP contribution in [0.3, 0.4) is 0 Å². The van der Waals surface area contributed by atoms with Crippen LogP contribution in [-0.2, 0) is 22.1 Å². The number of hydrogen-bond acceptors (Lipinski definition) is 8. The number of aromatic nitrogens is 2. The van der Waals surface area contributed by atoms with Crippen molar-refractivity contribution in [1.29, 1.82) is 0 Å². The van der Waals surface area contributed by atoms with Gasteiger partial charge in [0.05, 0.1) is 41.5 Å². The Bertz CT molecular complexity index is 1600. The van der Waals surface area contributed by atoms with Crippen molar-refractivity contribution in [3.8, 4) is 5.75 Å². The first-order valence-corrected chi connectivity index (χ1v) is 19.9. The minimum Gasteiger partial charge on any atom is -0.494 e. The van der Waals surface area contributed by atoms with Gasteiger partial charge in [-0.05, 0) is 51.4 Å². The Balaban J connectivity index is 1.68. The van der Waals surface area contributed by atoms with E-state index in [0.717, 1.165) is 6.04 Å². The summed E-state index contributed by atoms with van der Waals surface area (Å²) in [4.78, 5) is 30.5. The van der Waals surface area contributed by atoms with Crippen molar-refractivity contribution >= 4 is 36.7 Å². The average molecular weight is 690 g/mol. The van der Waals surface area contributed by atoms with Gasteiger partial charge in [0, 0.05) is 46.4 Å². The van der Waals surface area contributed by atoms with E-state index in [1.165, 1.54) is 18.2 Å². The number of carbonyl (C=O) groups excluding carboxylic acids is 2. The lowest BCUT2D eigenvalue weighted by molar-refractivity contribution is -0.0556. The Morgan fingerprint density at radius 3 is 2.40 bits per heavy atom. The van der Waals surface area contributed by atoms with Gasteiger partial charge in [-0.25, -0.2) is 9.48 Å². The number of aliphatic hydroxyl groups excluding tert-OH is 1.